The standard InChI is InChI=1S/C17H16FNO2/c1-21-16-4-2-3-14(11-16)12-19-17(20)10-7-13-5-8-15(18)9-6-13/h2-11H,12H2,1H3,(H,19,20)/b10-7+. The van der Waals surface area contributed by atoms with E-state index in [9.17, 15) is 9.18 Å². The van der Waals surface area contributed by atoms with Gasteiger partial charge in [0.25, 0.3) is 0 Å². The minimum Gasteiger partial charge on any atom is -0.497 e. The van der Waals surface area contributed by atoms with Gasteiger partial charge in [0.15, 0.2) is 0 Å². The van der Waals surface area contributed by atoms with E-state index in [2.05, 4.69) is 5.32 Å². The zero-order valence-electron chi connectivity index (χ0n) is 11.7. The smallest absolute Gasteiger partial charge is 0.244 e. The maximum atomic E-state index is 12.7. The van der Waals surface area contributed by atoms with Crippen molar-refractivity contribution in [2.24, 2.45) is 0 Å². The van der Waals surface area contributed by atoms with E-state index in [0.29, 0.717) is 6.54 Å². The first kappa shape index (κ1) is 14.8. The van der Waals surface area contributed by atoms with Crippen LogP contribution in [0.15, 0.2) is 54.6 Å². The molecule has 0 heterocycles. The molecule has 0 atom stereocenters. The monoisotopic (exact) mass is 285 g/mol. The summed E-state index contributed by atoms with van der Waals surface area (Å²) in [6.45, 7) is 0.420. The Morgan fingerprint density at radius 2 is 2.00 bits per heavy atom. The van der Waals surface area contributed by atoms with E-state index in [1.165, 1.54) is 18.2 Å². The number of amides is 1. The highest BCUT2D eigenvalue weighted by Crippen LogP contribution is 2.12. The van der Waals surface area contributed by atoms with Crippen LogP contribution in [0.4, 0.5) is 4.39 Å². The summed E-state index contributed by atoms with van der Waals surface area (Å²) >= 11 is 0. The molecule has 21 heavy (non-hydrogen) atoms. The quantitative estimate of drug-likeness (QED) is 0.857. The van der Waals surface area contributed by atoms with Gasteiger partial charge in [-0.25, -0.2) is 4.39 Å². The van der Waals surface area contributed by atoms with E-state index in [1.807, 2.05) is 24.3 Å². The van der Waals surface area contributed by atoms with Gasteiger partial charge in [0.1, 0.15) is 11.6 Å². The molecule has 0 unspecified atom stereocenters. The van der Waals surface area contributed by atoms with Gasteiger partial charge in [-0.15, -0.1) is 0 Å². The number of methoxy groups -OCH3 is 1. The van der Waals surface area contributed by atoms with Crippen LogP contribution in [0.3, 0.4) is 0 Å². The van der Waals surface area contributed by atoms with Crippen LogP contribution in [0.1, 0.15) is 11.1 Å². The SMILES string of the molecule is COc1cccc(CNC(=O)/C=C/c2ccc(F)cc2)c1. The van der Waals surface area contributed by atoms with Crippen LogP contribution >= 0.6 is 0 Å². The Kier molecular flexibility index (Phi) is 5.10. The van der Waals surface area contributed by atoms with Crippen LogP contribution in [0.2, 0.25) is 0 Å². The lowest BCUT2D eigenvalue weighted by Gasteiger charge is -2.05. The predicted molar refractivity (Wildman–Crippen MR) is 80.3 cm³/mol. The first-order valence-electron chi connectivity index (χ1n) is 6.52. The van der Waals surface area contributed by atoms with Gasteiger partial charge in [-0.1, -0.05) is 24.3 Å². The van der Waals surface area contributed by atoms with E-state index in [1.54, 1.807) is 25.3 Å². The van der Waals surface area contributed by atoms with Crippen molar-refractivity contribution in [2.75, 3.05) is 7.11 Å². The number of benzene rings is 2. The summed E-state index contributed by atoms with van der Waals surface area (Å²) in [5, 5.41) is 2.78. The van der Waals surface area contributed by atoms with Gasteiger partial charge < -0.3 is 10.1 Å². The molecule has 2 rings (SSSR count). The third kappa shape index (κ3) is 4.76. The van der Waals surface area contributed by atoms with Crippen molar-refractivity contribution >= 4 is 12.0 Å². The molecule has 1 N–H and O–H groups in total. The number of rotatable bonds is 5. The number of carbonyl (C=O) groups excluding carboxylic acids is 1. The fraction of sp³-hybridized carbons (Fsp3) is 0.118. The van der Waals surface area contributed by atoms with Crippen molar-refractivity contribution in [3.05, 3.63) is 71.6 Å². The Morgan fingerprint density at radius 1 is 1.24 bits per heavy atom. The molecule has 2 aromatic rings. The Balaban J connectivity index is 1.88. The van der Waals surface area contributed by atoms with Gasteiger partial charge in [0.05, 0.1) is 7.11 Å². The fourth-order valence-corrected chi connectivity index (χ4v) is 1.78. The normalized spacial score (nSPS) is 10.6. The maximum absolute atomic E-state index is 12.7. The average molecular weight is 285 g/mol. The van der Waals surface area contributed by atoms with Gasteiger partial charge in [0.2, 0.25) is 5.91 Å². The van der Waals surface area contributed by atoms with E-state index in [-0.39, 0.29) is 11.7 Å². The lowest BCUT2D eigenvalue weighted by Crippen LogP contribution is -2.20. The molecule has 0 saturated carbocycles. The first-order chi connectivity index (χ1) is 10.2. The van der Waals surface area contributed by atoms with Crippen LogP contribution in [0.25, 0.3) is 6.08 Å². The van der Waals surface area contributed by atoms with Gasteiger partial charge in [-0.05, 0) is 41.5 Å². The van der Waals surface area contributed by atoms with Crippen molar-refractivity contribution in [1.29, 1.82) is 0 Å². The molecule has 108 valence electrons. The molecule has 0 saturated heterocycles. The van der Waals surface area contributed by atoms with Gasteiger partial charge >= 0.3 is 0 Å². The van der Waals surface area contributed by atoms with E-state index >= 15 is 0 Å². The van der Waals surface area contributed by atoms with Crippen LogP contribution < -0.4 is 10.1 Å². The second kappa shape index (κ2) is 7.24. The molecule has 0 aromatic heterocycles. The Morgan fingerprint density at radius 3 is 2.71 bits per heavy atom. The molecular weight excluding hydrogens is 269 g/mol. The number of ether oxygens (including phenoxy) is 1. The molecule has 0 aliphatic rings. The zero-order valence-corrected chi connectivity index (χ0v) is 11.7. The Hall–Kier alpha value is -2.62. The summed E-state index contributed by atoms with van der Waals surface area (Å²) in [5.41, 5.74) is 1.73. The summed E-state index contributed by atoms with van der Waals surface area (Å²) in [4.78, 5) is 11.7. The van der Waals surface area contributed by atoms with E-state index < -0.39 is 0 Å². The van der Waals surface area contributed by atoms with Crippen molar-refractivity contribution in [3.8, 4) is 5.75 Å². The van der Waals surface area contributed by atoms with Crippen LogP contribution in [0.5, 0.6) is 5.75 Å². The van der Waals surface area contributed by atoms with Gasteiger partial charge in [-0.3, -0.25) is 4.79 Å². The highest BCUT2D eigenvalue weighted by molar-refractivity contribution is 5.91. The lowest BCUT2D eigenvalue weighted by atomic mass is 10.2. The summed E-state index contributed by atoms with van der Waals surface area (Å²) < 4.78 is 17.9. The molecule has 4 heteroatoms. The fourth-order valence-electron chi connectivity index (χ4n) is 1.78. The second-order valence-corrected chi connectivity index (χ2v) is 4.45. The Bertz CT molecular complexity index is 635. The van der Waals surface area contributed by atoms with E-state index in [4.69, 9.17) is 4.74 Å². The third-order valence-electron chi connectivity index (χ3n) is 2.90. The van der Waals surface area contributed by atoms with Gasteiger partial charge in [0, 0.05) is 12.6 Å². The summed E-state index contributed by atoms with van der Waals surface area (Å²) in [7, 11) is 1.60. The molecule has 0 aliphatic carbocycles. The zero-order chi connectivity index (χ0) is 15.1. The molecule has 0 aliphatic heterocycles. The molecule has 0 bridgehead atoms. The number of carbonyl (C=O) groups is 1. The summed E-state index contributed by atoms with van der Waals surface area (Å²) in [6, 6.07) is 13.4. The molecule has 2 aromatic carbocycles. The van der Waals surface area contributed by atoms with Gasteiger partial charge in [-0.2, -0.15) is 0 Å². The molecular formula is C17H16FNO2. The molecule has 1 amide bonds. The largest absolute Gasteiger partial charge is 0.497 e. The van der Waals surface area contributed by atoms with Crippen LogP contribution in [-0.4, -0.2) is 13.0 Å². The number of nitrogens with one attached hydrogen (secondary N) is 1. The highest BCUT2D eigenvalue weighted by atomic mass is 19.1. The Labute approximate surface area is 123 Å². The van der Waals surface area contributed by atoms with Crippen molar-refractivity contribution in [2.45, 2.75) is 6.54 Å². The average Bonchev–Trinajstić information content (AvgIpc) is 2.52. The van der Waals surface area contributed by atoms with Crippen molar-refractivity contribution in [1.82, 2.24) is 5.32 Å². The maximum Gasteiger partial charge on any atom is 0.244 e. The second-order valence-electron chi connectivity index (χ2n) is 4.45. The first-order valence-corrected chi connectivity index (χ1v) is 6.52. The lowest BCUT2D eigenvalue weighted by molar-refractivity contribution is -0.116. The molecule has 0 fully saturated rings. The van der Waals surface area contributed by atoms with Crippen molar-refractivity contribution < 1.29 is 13.9 Å². The number of halogens is 1. The minimum absolute atomic E-state index is 0.206. The third-order valence-corrected chi connectivity index (χ3v) is 2.90. The highest BCUT2D eigenvalue weighted by Gasteiger charge is 1.99. The van der Waals surface area contributed by atoms with Crippen molar-refractivity contribution in [3.63, 3.8) is 0 Å². The minimum atomic E-state index is -0.297. The topological polar surface area (TPSA) is 38.3 Å². The van der Waals surface area contributed by atoms with Crippen LogP contribution in [0, 0.1) is 5.82 Å². The number of hydrogen-bond acceptors (Lipinski definition) is 2. The summed E-state index contributed by atoms with van der Waals surface area (Å²) in [5.74, 6) is 0.250. The van der Waals surface area contributed by atoms with Crippen LogP contribution in [-0.2, 0) is 11.3 Å². The number of hydrogen-bond donors (Lipinski definition) is 1. The molecule has 3 nitrogen and oxygen atoms in total. The molecule has 0 radical (unpaired) electrons. The van der Waals surface area contributed by atoms with E-state index in [0.717, 1.165) is 16.9 Å². The summed E-state index contributed by atoms with van der Waals surface area (Å²) in [6.07, 6.45) is 3.06. The molecule has 0 spiro atoms. The predicted octanol–water partition coefficient (Wildman–Crippen LogP) is 3.16.